The largest absolute Gasteiger partial charge is 0.481 e. The topological polar surface area (TPSA) is 37.3 Å². The lowest BCUT2D eigenvalue weighted by atomic mass is 10.4. The maximum atomic E-state index is 9.00. The first-order valence-corrected chi connectivity index (χ1v) is 3.63. The molecule has 2 heteroatoms. The minimum atomic E-state index is -0.833. The van der Waals surface area contributed by atoms with Gasteiger partial charge in [-0.15, -0.1) is 13.2 Å². The molecule has 0 aliphatic heterocycles. The van der Waals surface area contributed by atoms with Gasteiger partial charge in [0, 0.05) is 6.92 Å². The molecule has 0 atom stereocenters. The van der Waals surface area contributed by atoms with Crippen molar-refractivity contribution in [1.82, 2.24) is 0 Å². The summed E-state index contributed by atoms with van der Waals surface area (Å²) in [7, 11) is 0. The molecule has 0 bridgehead atoms. The summed E-state index contributed by atoms with van der Waals surface area (Å²) < 4.78 is 0. The fourth-order valence-corrected chi connectivity index (χ4v) is 0. The van der Waals surface area contributed by atoms with Crippen LogP contribution < -0.4 is 0 Å². The summed E-state index contributed by atoms with van der Waals surface area (Å²) in [6.07, 6.45) is 0. The molecule has 0 unspecified atom stereocenters. The van der Waals surface area contributed by atoms with Crippen LogP contribution in [0.4, 0.5) is 0 Å². The first-order valence-electron chi connectivity index (χ1n) is 3.63. The van der Waals surface area contributed by atoms with Crippen molar-refractivity contribution in [2.24, 2.45) is 0 Å². The van der Waals surface area contributed by atoms with E-state index in [2.05, 4.69) is 13.2 Å². The fourth-order valence-electron chi connectivity index (χ4n) is 0. The van der Waals surface area contributed by atoms with Gasteiger partial charge >= 0.3 is 0 Å². The van der Waals surface area contributed by atoms with E-state index in [0.29, 0.717) is 0 Å². The van der Waals surface area contributed by atoms with Gasteiger partial charge in [0.2, 0.25) is 0 Å². The van der Waals surface area contributed by atoms with Gasteiger partial charge in [-0.2, -0.15) is 0 Å². The van der Waals surface area contributed by atoms with Gasteiger partial charge in [0.05, 0.1) is 0 Å². The summed E-state index contributed by atoms with van der Waals surface area (Å²) in [6.45, 7) is 16.1. The van der Waals surface area contributed by atoms with Crippen molar-refractivity contribution in [2.45, 2.75) is 34.6 Å². The molecule has 72 valence electrons. The third-order valence-corrected chi connectivity index (χ3v) is 0. The summed E-state index contributed by atoms with van der Waals surface area (Å²) >= 11 is 0. The number of hydrogen-bond acceptors (Lipinski definition) is 1. The van der Waals surface area contributed by atoms with Gasteiger partial charge in [-0.1, -0.05) is 11.1 Å². The average molecular weight is 172 g/mol. The molecule has 0 aromatic carbocycles. The van der Waals surface area contributed by atoms with Crippen LogP contribution in [-0.2, 0) is 4.79 Å². The predicted octanol–water partition coefficient (Wildman–Crippen LogP) is 3.26. The van der Waals surface area contributed by atoms with Crippen LogP contribution in [0.3, 0.4) is 0 Å². The Kier molecular flexibility index (Phi) is 18.0. The van der Waals surface area contributed by atoms with Crippen LogP contribution in [0.2, 0.25) is 0 Å². The van der Waals surface area contributed by atoms with E-state index in [-0.39, 0.29) is 0 Å². The molecule has 2 nitrogen and oxygen atoms in total. The van der Waals surface area contributed by atoms with E-state index in [1.165, 1.54) is 11.1 Å². The second-order valence-corrected chi connectivity index (χ2v) is 2.93. The Morgan fingerprint density at radius 3 is 0.917 bits per heavy atom. The normalized spacial score (nSPS) is 6.42. The third-order valence-electron chi connectivity index (χ3n) is 0. The van der Waals surface area contributed by atoms with E-state index in [1.54, 1.807) is 0 Å². The van der Waals surface area contributed by atoms with Gasteiger partial charge < -0.3 is 5.11 Å². The van der Waals surface area contributed by atoms with E-state index in [9.17, 15) is 0 Å². The standard InChI is InChI=1S/2C4H8.C2H4O2/c2*1-4(2)3;1-2(3)4/h2*1H2,2-3H3;1H3,(H,3,4). The predicted molar refractivity (Wildman–Crippen MR) is 54.3 cm³/mol. The van der Waals surface area contributed by atoms with E-state index in [4.69, 9.17) is 9.90 Å². The average Bonchev–Trinajstić information content (AvgIpc) is 1.54. The van der Waals surface area contributed by atoms with Crippen LogP contribution in [0.5, 0.6) is 0 Å². The molecule has 0 aromatic heterocycles. The fraction of sp³-hybridized carbons (Fsp3) is 0.500. The minimum Gasteiger partial charge on any atom is -0.481 e. The zero-order chi connectivity index (χ0) is 10.7. The van der Waals surface area contributed by atoms with Crippen molar-refractivity contribution in [3.63, 3.8) is 0 Å². The Balaban J connectivity index is -0.000000101. The van der Waals surface area contributed by atoms with Crippen molar-refractivity contribution < 1.29 is 9.90 Å². The van der Waals surface area contributed by atoms with Crippen molar-refractivity contribution in [1.29, 1.82) is 0 Å². The number of rotatable bonds is 0. The molecule has 0 heterocycles. The quantitative estimate of drug-likeness (QED) is 0.569. The molecule has 1 N–H and O–H groups in total. The lowest BCUT2D eigenvalue weighted by Crippen LogP contribution is -1.78. The zero-order valence-corrected chi connectivity index (χ0v) is 8.77. The number of carboxylic acids is 1. The molecule has 0 aliphatic rings. The minimum absolute atomic E-state index is 0.833. The monoisotopic (exact) mass is 172 g/mol. The van der Waals surface area contributed by atoms with Crippen LogP contribution in [0, 0.1) is 0 Å². The molecule has 0 aromatic rings. The van der Waals surface area contributed by atoms with Crippen LogP contribution in [0.1, 0.15) is 34.6 Å². The van der Waals surface area contributed by atoms with Gasteiger partial charge in [-0.3, -0.25) is 4.79 Å². The van der Waals surface area contributed by atoms with Crippen molar-refractivity contribution >= 4 is 5.97 Å². The highest BCUT2D eigenvalue weighted by molar-refractivity contribution is 5.62. The van der Waals surface area contributed by atoms with Gasteiger partial charge in [0.25, 0.3) is 5.97 Å². The summed E-state index contributed by atoms with van der Waals surface area (Å²) in [4.78, 5) is 9.00. The molecule has 0 saturated carbocycles. The van der Waals surface area contributed by atoms with Gasteiger partial charge in [0.1, 0.15) is 0 Å². The molecule has 0 radical (unpaired) electrons. The lowest BCUT2D eigenvalue weighted by Gasteiger charge is -1.65. The highest BCUT2D eigenvalue weighted by Crippen LogP contribution is 1.74. The molecule has 0 spiro atoms. The van der Waals surface area contributed by atoms with Crippen LogP contribution in [0.15, 0.2) is 24.3 Å². The van der Waals surface area contributed by atoms with Crippen molar-refractivity contribution in [3.8, 4) is 0 Å². The third kappa shape index (κ3) is 513. The molecule has 0 aliphatic carbocycles. The molecular formula is C10H20O2. The smallest absolute Gasteiger partial charge is 0.300 e. The zero-order valence-electron chi connectivity index (χ0n) is 8.77. The highest BCUT2D eigenvalue weighted by Gasteiger charge is 1.65. The summed E-state index contributed by atoms with van der Waals surface area (Å²) in [6, 6.07) is 0. The van der Waals surface area contributed by atoms with Gasteiger partial charge in [-0.25, -0.2) is 0 Å². The summed E-state index contributed by atoms with van der Waals surface area (Å²) in [5.41, 5.74) is 2.33. The second-order valence-electron chi connectivity index (χ2n) is 2.93. The molecule has 0 rings (SSSR count). The summed E-state index contributed by atoms with van der Waals surface area (Å²) in [5, 5.41) is 7.42. The van der Waals surface area contributed by atoms with Gasteiger partial charge in [0.15, 0.2) is 0 Å². The van der Waals surface area contributed by atoms with Crippen LogP contribution in [0.25, 0.3) is 0 Å². The van der Waals surface area contributed by atoms with Crippen LogP contribution in [-0.4, -0.2) is 11.1 Å². The number of carboxylic acid groups (broad SMARTS) is 1. The number of aliphatic carboxylic acids is 1. The Morgan fingerprint density at radius 2 is 0.917 bits per heavy atom. The Hall–Kier alpha value is -1.05. The van der Waals surface area contributed by atoms with Crippen molar-refractivity contribution in [2.75, 3.05) is 0 Å². The molecule has 0 saturated heterocycles. The summed E-state index contributed by atoms with van der Waals surface area (Å²) in [5.74, 6) is -0.833. The molecular weight excluding hydrogens is 152 g/mol. The van der Waals surface area contributed by atoms with Crippen LogP contribution >= 0.6 is 0 Å². The second kappa shape index (κ2) is 12.6. The highest BCUT2D eigenvalue weighted by atomic mass is 16.4. The first-order chi connectivity index (χ1) is 5.20. The number of hydrogen-bond donors (Lipinski definition) is 1. The Morgan fingerprint density at radius 1 is 0.917 bits per heavy atom. The lowest BCUT2D eigenvalue weighted by molar-refractivity contribution is -0.134. The van der Waals surface area contributed by atoms with E-state index in [0.717, 1.165) is 6.92 Å². The maximum absolute atomic E-state index is 9.00. The SMILES string of the molecule is C=C(C)C.C=C(C)C.CC(=O)O. The van der Waals surface area contributed by atoms with E-state index >= 15 is 0 Å². The Labute approximate surface area is 75.6 Å². The maximum Gasteiger partial charge on any atom is 0.300 e. The molecule has 0 amide bonds. The van der Waals surface area contributed by atoms with E-state index < -0.39 is 5.97 Å². The number of carbonyl (C=O) groups is 1. The number of allylic oxidation sites excluding steroid dienone is 2. The molecule has 0 fully saturated rings. The van der Waals surface area contributed by atoms with E-state index in [1.807, 2.05) is 27.7 Å². The molecule has 12 heavy (non-hydrogen) atoms. The first kappa shape index (κ1) is 17.2. The van der Waals surface area contributed by atoms with Crippen molar-refractivity contribution in [3.05, 3.63) is 24.3 Å². The van der Waals surface area contributed by atoms with Gasteiger partial charge in [-0.05, 0) is 27.7 Å². The Bertz CT molecular complexity index is 105.